The molecule has 0 bridgehead atoms. The molecule has 0 radical (unpaired) electrons. The quantitative estimate of drug-likeness (QED) is 0.0975. The normalized spacial score (nSPS) is 11.2. The first-order valence-electron chi connectivity index (χ1n) is 16.0. The van der Waals surface area contributed by atoms with Gasteiger partial charge in [0.2, 0.25) is 5.91 Å². The van der Waals surface area contributed by atoms with Gasteiger partial charge in [-0.05, 0) is 39.2 Å². The van der Waals surface area contributed by atoms with E-state index in [1.807, 2.05) is 30.3 Å². The van der Waals surface area contributed by atoms with E-state index in [1.165, 1.54) is 49.8 Å². The fraction of sp³-hybridized carbons (Fsp3) is 0.706. The molecular weight excluding hydrogens is 534 g/mol. The van der Waals surface area contributed by atoms with E-state index in [0.717, 1.165) is 50.5 Å². The summed E-state index contributed by atoms with van der Waals surface area (Å²) in [6.45, 7) is 5.48. The van der Waals surface area contributed by atoms with Crippen LogP contribution in [0.2, 0.25) is 0 Å². The molecule has 0 heterocycles. The highest BCUT2D eigenvalue weighted by Crippen LogP contribution is 2.15. The fourth-order valence-corrected chi connectivity index (χ4v) is 4.68. The number of nitrogens with zero attached hydrogens (tertiary/aromatic N) is 1. The minimum atomic E-state index is -0.698. The number of esters is 2. The van der Waals surface area contributed by atoms with Crippen molar-refractivity contribution in [2.75, 3.05) is 13.1 Å². The minimum absolute atomic E-state index is 0.0295. The number of aliphatic carboxylic acids is 1. The Hall–Kier alpha value is -2.90. The van der Waals surface area contributed by atoms with E-state index in [4.69, 9.17) is 14.6 Å². The first-order valence-corrected chi connectivity index (χ1v) is 16.0. The van der Waals surface area contributed by atoms with Crippen molar-refractivity contribution in [3.63, 3.8) is 0 Å². The summed E-state index contributed by atoms with van der Waals surface area (Å²) in [7, 11) is 0. The van der Waals surface area contributed by atoms with Gasteiger partial charge >= 0.3 is 17.9 Å². The lowest BCUT2D eigenvalue weighted by molar-refractivity contribution is -0.157. The van der Waals surface area contributed by atoms with Gasteiger partial charge in [0.25, 0.3) is 0 Å². The monoisotopic (exact) mass is 589 g/mol. The molecule has 1 amide bonds. The van der Waals surface area contributed by atoms with E-state index in [9.17, 15) is 19.2 Å². The number of benzene rings is 1. The summed E-state index contributed by atoms with van der Waals surface area (Å²) in [6, 6.07) is 9.38. The Labute approximate surface area is 253 Å². The SMILES string of the molecule is CC(C)(C)OC(=O)CCN(CC(=O)OCc1ccccc1)C(=O)CCCCCCCCCCCCCCCCC(=O)O. The lowest BCUT2D eigenvalue weighted by Crippen LogP contribution is -2.38. The predicted octanol–water partition coefficient (Wildman–Crippen LogP) is 7.62. The minimum Gasteiger partial charge on any atom is -0.481 e. The van der Waals surface area contributed by atoms with Crippen LogP contribution in [0.5, 0.6) is 0 Å². The topological polar surface area (TPSA) is 110 Å². The lowest BCUT2D eigenvalue weighted by Gasteiger charge is -2.23. The molecule has 0 unspecified atom stereocenters. The van der Waals surface area contributed by atoms with Crippen molar-refractivity contribution < 1.29 is 33.8 Å². The van der Waals surface area contributed by atoms with Crippen LogP contribution in [0.15, 0.2) is 30.3 Å². The number of carbonyl (C=O) groups is 4. The highest BCUT2D eigenvalue weighted by atomic mass is 16.6. The van der Waals surface area contributed by atoms with E-state index in [1.54, 1.807) is 20.8 Å². The van der Waals surface area contributed by atoms with Crippen LogP contribution in [0.1, 0.15) is 135 Å². The Bertz CT molecular complexity index is 895. The summed E-state index contributed by atoms with van der Waals surface area (Å²) in [5.41, 5.74) is 0.269. The smallest absolute Gasteiger partial charge is 0.325 e. The molecule has 1 rings (SSSR count). The zero-order chi connectivity index (χ0) is 31.1. The third-order valence-corrected chi connectivity index (χ3v) is 6.95. The number of amides is 1. The van der Waals surface area contributed by atoms with E-state index in [0.29, 0.717) is 6.42 Å². The van der Waals surface area contributed by atoms with Crippen LogP contribution < -0.4 is 0 Å². The van der Waals surface area contributed by atoms with E-state index >= 15 is 0 Å². The van der Waals surface area contributed by atoms with Crippen LogP contribution in [0.4, 0.5) is 0 Å². The van der Waals surface area contributed by atoms with Crippen molar-refractivity contribution in [2.45, 2.75) is 142 Å². The van der Waals surface area contributed by atoms with Crippen LogP contribution >= 0.6 is 0 Å². The van der Waals surface area contributed by atoms with Gasteiger partial charge < -0.3 is 19.5 Å². The molecule has 0 atom stereocenters. The summed E-state index contributed by atoms with van der Waals surface area (Å²) >= 11 is 0. The molecular formula is C34H55NO7. The molecule has 42 heavy (non-hydrogen) atoms. The van der Waals surface area contributed by atoms with Gasteiger partial charge in [-0.25, -0.2) is 0 Å². The number of carbonyl (C=O) groups excluding carboxylic acids is 3. The van der Waals surface area contributed by atoms with Crippen LogP contribution in [0.25, 0.3) is 0 Å². The molecule has 8 nitrogen and oxygen atoms in total. The van der Waals surface area contributed by atoms with Gasteiger partial charge in [-0.1, -0.05) is 107 Å². The lowest BCUT2D eigenvalue weighted by atomic mass is 10.0. The molecule has 0 aliphatic rings. The third kappa shape index (κ3) is 21.8. The first kappa shape index (κ1) is 37.1. The predicted molar refractivity (Wildman–Crippen MR) is 165 cm³/mol. The molecule has 8 heteroatoms. The highest BCUT2D eigenvalue weighted by molar-refractivity contribution is 5.82. The first-order chi connectivity index (χ1) is 20.1. The number of ether oxygens (including phenoxy) is 2. The van der Waals surface area contributed by atoms with E-state index in [2.05, 4.69) is 0 Å². The van der Waals surface area contributed by atoms with Gasteiger partial charge in [-0.2, -0.15) is 0 Å². The molecule has 0 spiro atoms. The third-order valence-electron chi connectivity index (χ3n) is 6.95. The second-order valence-electron chi connectivity index (χ2n) is 12.1. The Morgan fingerprint density at radius 3 is 1.62 bits per heavy atom. The van der Waals surface area contributed by atoms with Crippen molar-refractivity contribution in [3.8, 4) is 0 Å². The molecule has 0 fully saturated rings. The molecule has 0 aliphatic carbocycles. The number of carboxylic acid groups (broad SMARTS) is 1. The van der Waals surface area contributed by atoms with Gasteiger partial charge in [-0.15, -0.1) is 0 Å². The number of carboxylic acids is 1. The average Bonchev–Trinajstić information content (AvgIpc) is 2.93. The maximum Gasteiger partial charge on any atom is 0.325 e. The van der Waals surface area contributed by atoms with Gasteiger partial charge in [0.1, 0.15) is 18.8 Å². The van der Waals surface area contributed by atoms with E-state index < -0.39 is 23.5 Å². The molecule has 238 valence electrons. The maximum atomic E-state index is 13.0. The van der Waals surface area contributed by atoms with Crippen LogP contribution in [-0.4, -0.2) is 52.5 Å². The molecule has 0 saturated carbocycles. The number of unbranched alkanes of at least 4 members (excludes halogenated alkanes) is 13. The number of hydrogen-bond acceptors (Lipinski definition) is 6. The Kier molecular flexibility index (Phi) is 20.0. The summed E-state index contributed by atoms with van der Waals surface area (Å²) in [5.74, 6) is -1.73. The molecule has 0 aromatic heterocycles. The highest BCUT2D eigenvalue weighted by Gasteiger charge is 2.21. The molecule has 1 aromatic carbocycles. The second kappa shape index (κ2) is 22.7. The largest absolute Gasteiger partial charge is 0.481 e. The average molecular weight is 590 g/mol. The summed E-state index contributed by atoms with van der Waals surface area (Å²) in [6.07, 6.45) is 16.2. The number of hydrogen-bond donors (Lipinski definition) is 1. The van der Waals surface area contributed by atoms with Crippen molar-refractivity contribution in [1.29, 1.82) is 0 Å². The van der Waals surface area contributed by atoms with Gasteiger partial charge in [0, 0.05) is 19.4 Å². The summed E-state index contributed by atoms with van der Waals surface area (Å²) < 4.78 is 10.7. The molecule has 1 aromatic rings. The number of rotatable bonds is 24. The van der Waals surface area contributed by atoms with Gasteiger partial charge in [-0.3, -0.25) is 19.2 Å². The van der Waals surface area contributed by atoms with Gasteiger partial charge in [0.05, 0.1) is 6.42 Å². The zero-order valence-electron chi connectivity index (χ0n) is 26.4. The molecule has 1 N–H and O–H groups in total. The van der Waals surface area contributed by atoms with Crippen molar-refractivity contribution >= 4 is 23.8 Å². The standard InChI is InChI=1S/C34H55NO7/c1-34(2,3)42-32(39)25-26-35(27-33(40)41-28-29-21-17-16-18-22-29)30(36)23-19-14-12-10-8-6-4-5-7-9-11-13-15-20-24-31(37)38/h16-18,21-22H,4-15,19-20,23-28H2,1-3H3,(H,37,38). The Balaban J connectivity index is 2.23. The summed E-state index contributed by atoms with van der Waals surface area (Å²) in [4.78, 5) is 49.6. The Morgan fingerprint density at radius 1 is 0.667 bits per heavy atom. The van der Waals surface area contributed by atoms with Crippen LogP contribution in [0.3, 0.4) is 0 Å². The van der Waals surface area contributed by atoms with E-state index in [-0.39, 0.29) is 38.4 Å². The van der Waals surface area contributed by atoms with Crippen LogP contribution in [0, 0.1) is 0 Å². The Morgan fingerprint density at radius 2 is 1.14 bits per heavy atom. The fourth-order valence-electron chi connectivity index (χ4n) is 4.68. The van der Waals surface area contributed by atoms with Crippen molar-refractivity contribution in [2.24, 2.45) is 0 Å². The van der Waals surface area contributed by atoms with Gasteiger partial charge in [0.15, 0.2) is 0 Å². The maximum absolute atomic E-state index is 13.0. The van der Waals surface area contributed by atoms with Crippen molar-refractivity contribution in [3.05, 3.63) is 35.9 Å². The molecule has 0 saturated heterocycles. The van der Waals surface area contributed by atoms with Crippen LogP contribution in [-0.2, 0) is 35.3 Å². The second-order valence-corrected chi connectivity index (χ2v) is 12.1. The molecule has 0 aliphatic heterocycles. The zero-order valence-corrected chi connectivity index (χ0v) is 26.4. The van der Waals surface area contributed by atoms with Crippen molar-refractivity contribution in [1.82, 2.24) is 4.90 Å². The summed E-state index contributed by atoms with van der Waals surface area (Å²) in [5, 5.41) is 8.65.